The van der Waals surface area contributed by atoms with E-state index in [2.05, 4.69) is 11.9 Å². The Morgan fingerprint density at radius 2 is 2.06 bits per heavy atom. The number of piperidine rings is 1. The molecule has 2 fully saturated rings. The topological polar surface area (TPSA) is 38.5 Å². The molecule has 1 heterocycles. The van der Waals surface area contributed by atoms with E-state index in [0.29, 0.717) is 12.1 Å². The fourth-order valence-electron chi connectivity index (χ4n) is 3.21. The lowest BCUT2D eigenvalue weighted by Gasteiger charge is -2.33. The highest BCUT2D eigenvalue weighted by atomic mass is 16.5. The standard InChI is InChI=1S/C14H28N2O/c1-16-9-3-2-6-13(16)8-10-17-14-7-4-5-12(15)11-14/h12-14H,2-11,15H2,1H3. The molecule has 0 radical (unpaired) electrons. The molecule has 0 aromatic heterocycles. The molecular weight excluding hydrogens is 212 g/mol. The molecule has 3 heteroatoms. The van der Waals surface area contributed by atoms with E-state index in [1.807, 2.05) is 0 Å². The molecule has 0 aromatic carbocycles. The Morgan fingerprint density at radius 3 is 2.82 bits per heavy atom. The lowest BCUT2D eigenvalue weighted by atomic mass is 9.93. The Balaban J connectivity index is 1.61. The summed E-state index contributed by atoms with van der Waals surface area (Å²) in [5.41, 5.74) is 5.97. The molecule has 1 aliphatic heterocycles. The summed E-state index contributed by atoms with van der Waals surface area (Å²) in [5, 5.41) is 0. The second-order valence-electron chi connectivity index (χ2n) is 5.84. The molecule has 3 nitrogen and oxygen atoms in total. The van der Waals surface area contributed by atoms with E-state index in [4.69, 9.17) is 10.5 Å². The summed E-state index contributed by atoms with van der Waals surface area (Å²) in [6.07, 6.45) is 10.5. The van der Waals surface area contributed by atoms with Gasteiger partial charge >= 0.3 is 0 Å². The summed E-state index contributed by atoms with van der Waals surface area (Å²) < 4.78 is 6.00. The zero-order valence-corrected chi connectivity index (χ0v) is 11.2. The number of hydrogen-bond donors (Lipinski definition) is 1. The molecule has 0 bridgehead atoms. The lowest BCUT2D eigenvalue weighted by Crippen LogP contribution is -2.38. The van der Waals surface area contributed by atoms with Crippen molar-refractivity contribution in [3.63, 3.8) is 0 Å². The van der Waals surface area contributed by atoms with Gasteiger partial charge in [-0.25, -0.2) is 0 Å². The highest BCUT2D eigenvalue weighted by Crippen LogP contribution is 2.22. The zero-order chi connectivity index (χ0) is 12.1. The van der Waals surface area contributed by atoms with Gasteiger partial charge in [-0.3, -0.25) is 0 Å². The van der Waals surface area contributed by atoms with Crippen LogP contribution in [0.3, 0.4) is 0 Å². The zero-order valence-electron chi connectivity index (χ0n) is 11.2. The summed E-state index contributed by atoms with van der Waals surface area (Å²) in [7, 11) is 2.25. The van der Waals surface area contributed by atoms with Crippen LogP contribution in [-0.2, 0) is 4.74 Å². The quantitative estimate of drug-likeness (QED) is 0.818. The van der Waals surface area contributed by atoms with Crippen molar-refractivity contribution in [1.29, 1.82) is 0 Å². The van der Waals surface area contributed by atoms with Crippen LogP contribution in [-0.4, -0.2) is 43.3 Å². The van der Waals surface area contributed by atoms with Crippen LogP contribution in [0.25, 0.3) is 0 Å². The predicted molar refractivity (Wildman–Crippen MR) is 71.1 cm³/mol. The molecule has 1 saturated carbocycles. The molecule has 0 spiro atoms. The third-order valence-corrected chi connectivity index (χ3v) is 4.39. The number of likely N-dealkylation sites (tertiary alicyclic amines) is 1. The molecule has 17 heavy (non-hydrogen) atoms. The van der Waals surface area contributed by atoms with Crippen LogP contribution < -0.4 is 5.73 Å². The first-order valence-corrected chi connectivity index (χ1v) is 7.33. The van der Waals surface area contributed by atoms with Crippen molar-refractivity contribution in [2.75, 3.05) is 20.2 Å². The Morgan fingerprint density at radius 1 is 1.18 bits per heavy atom. The van der Waals surface area contributed by atoms with Crippen LogP contribution in [0.15, 0.2) is 0 Å². The van der Waals surface area contributed by atoms with Crippen LogP contribution in [0.1, 0.15) is 51.4 Å². The maximum absolute atomic E-state index is 6.00. The molecule has 3 unspecified atom stereocenters. The van der Waals surface area contributed by atoms with Crippen molar-refractivity contribution in [2.24, 2.45) is 5.73 Å². The van der Waals surface area contributed by atoms with Gasteiger partial charge in [0.15, 0.2) is 0 Å². The first-order valence-electron chi connectivity index (χ1n) is 7.33. The van der Waals surface area contributed by atoms with Crippen molar-refractivity contribution in [1.82, 2.24) is 4.90 Å². The highest BCUT2D eigenvalue weighted by Gasteiger charge is 2.21. The summed E-state index contributed by atoms with van der Waals surface area (Å²) in [6.45, 7) is 2.19. The SMILES string of the molecule is CN1CCCCC1CCOC1CCCC(N)C1. The third-order valence-electron chi connectivity index (χ3n) is 4.39. The van der Waals surface area contributed by atoms with E-state index < -0.39 is 0 Å². The average Bonchev–Trinajstić information content (AvgIpc) is 2.32. The van der Waals surface area contributed by atoms with Gasteiger partial charge in [0.1, 0.15) is 0 Å². The van der Waals surface area contributed by atoms with Crippen LogP contribution in [0.2, 0.25) is 0 Å². The van der Waals surface area contributed by atoms with Crippen LogP contribution in [0.5, 0.6) is 0 Å². The average molecular weight is 240 g/mol. The van der Waals surface area contributed by atoms with Crippen molar-refractivity contribution in [2.45, 2.75) is 69.6 Å². The summed E-state index contributed by atoms with van der Waals surface area (Å²) >= 11 is 0. The van der Waals surface area contributed by atoms with E-state index in [-0.39, 0.29) is 0 Å². The Bertz CT molecular complexity index is 222. The van der Waals surface area contributed by atoms with Crippen molar-refractivity contribution < 1.29 is 4.74 Å². The van der Waals surface area contributed by atoms with E-state index in [0.717, 1.165) is 19.1 Å². The minimum Gasteiger partial charge on any atom is -0.378 e. The monoisotopic (exact) mass is 240 g/mol. The van der Waals surface area contributed by atoms with E-state index in [1.54, 1.807) is 0 Å². The molecule has 0 aromatic rings. The second kappa shape index (κ2) is 6.72. The Hall–Kier alpha value is -0.120. The Labute approximate surface area is 106 Å². The van der Waals surface area contributed by atoms with Gasteiger partial charge < -0.3 is 15.4 Å². The van der Waals surface area contributed by atoms with Gasteiger partial charge in [-0.2, -0.15) is 0 Å². The van der Waals surface area contributed by atoms with Gasteiger partial charge in [-0.15, -0.1) is 0 Å². The van der Waals surface area contributed by atoms with Crippen LogP contribution in [0.4, 0.5) is 0 Å². The number of hydrogen-bond acceptors (Lipinski definition) is 3. The molecule has 2 N–H and O–H groups in total. The lowest BCUT2D eigenvalue weighted by molar-refractivity contribution is 0.00984. The highest BCUT2D eigenvalue weighted by molar-refractivity contribution is 4.77. The molecule has 0 amide bonds. The number of rotatable bonds is 4. The van der Waals surface area contributed by atoms with Gasteiger partial charge in [0, 0.05) is 18.7 Å². The first-order chi connectivity index (χ1) is 8.25. The fourth-order valence-corrected chi connectivity index (χ4v) is 3.21. The summed E-state index contributed by atoms with van der Waals surface area (Å²) in [5.74, 6) is 0. The van der Waals surface area contributed by atoms with Gasteiger partial charge in [0.05, 0.1) is 6.10 Å². The van der Waals surface area contributed by atoms with E-state index in [1.165, 1.54) is 51.5 Å². The minimum atomic E-state index is 0.381. The van der Waals surface area contributed by atoms with Gasteiger partial charge in [-0.05, 0) is 58.5 Å². The molecular formula is C14H28N2O. The second-order valence-corrected chi connectivity index (χ2v) is 5.84. The van der Waals surface area contributed by atoms with Crippen molar-refractivity contribution in [3.8, 4) is 0 Å². The largest absolute Gasteiger partial charge is 0.378 e. The normalized spacial score (nSPS) is 36.0. The smallest absolute Gasteiger partial charge is 0.0589 e. The molecule has 2 aliphatic rings. The third kappa shape index (κ3) is 4.23. The number of nitrogens with two attached hydrogens (primary N) is 1. The molecule has 1 aliphatic carbocycles. The summed E-state index contributed by atoms with van der Waals surface area (Å²) in [6, 6.07) is 1.13. The molecule has 2 rings (SSSR count). The number of ether oxygens (including phenoxy) is 1. The van der Waals surface area contributed by atoms with Crippen LogP contribution in [0, 0.1) is 0 Å². The van der Waals surface area contributed by atoms with Gasteiger partial charge in [0.25, 0.3) is 0 Å². The maximum Gasteiger partial charge on any atom is 0.0589 e. The Kier molecular flexibility index (Phi) is 5.26. The predicted octanol–water partition coefficient (Wildman–Crippen LogP) is 2.15. The number of nitrogens with zero attached hydrogens (tertiary/aromatic N) is 1. The summed E-state index contributed by atoms with van der Waals surface area (Å²) in [4.78, 5) is 2.50. The first kappa shape index (κ1) is 13.3. The van der Waals surface area contributed by atoms with E-state index >= 15 is 0 Å². The van der Waals surface area contributed by atoms with Gasteiger partial charge in [0.2, 0.25) is 0 Å². The van der Waals surface area contributed by atoms with Crippen LogP contribution >= 0.6 is 0 Å². The van der Waals surface area contributed by atoms with Crippen molar-refractivity contribution >= 4 is 0 Å². The minimum absolute atomic E-state index is 0.381. The van der Waals surface area contributed by atoms with Gasteiger partial charge in [-0.1, -0.05) is 6.42 Å². The molecule has 3 atom stereocenters. The maximum atomic E-state index is 6.00. The fraction of sp³-hybridized carbons (Fsp3) is 1.00. The molecule has 1 saturated heterocycles. The van der Waals surface area contributed by atoms with E-state index in [9.17, 15) is 0 Å². The molecule has 100 valence electrons. The van der Waals surface area contributed by atoms with Crippen molar-refractivity contribution in [3.05, 3.63) is 0 Å².